The van der Waals surface area contributed by atoms with Gasteiger partial charge in [-0.15, -0.1) is 0 Å². The van der Waals surface area contributed by atoms with E-state index in [1.54, 1.807) is 0 Å². The van der Waals surface area contributed by atoms with E-state index in [1.807, 2.05) is 31.2 Å². The maximum absolute atomic E-state index is 11.7. The fourth-order valence-electron chi connectivity index (χ4n) is 2.89. The molecule has 0 saturated carbocycles. The average Bonchev–Trinajstić information content (AvgIpc) is 2.85. The van der Waals surface area contributed by atoms with Crippen LogP contribution in [0.2, 0.25) is 0 Å². The molecule has 3 N–H and O–H groups in total. The molecule has 0 aliphatic heterocycles. The lowest BCUT2D eigenvalue weighted by molar-refractivity contribution is 0.142. The Hall–Kier alpha value is -2.33. The van der Waals surface area contributed by atoms with Crippen molar-refractivity contribution in [3.8, 4) is 11.1 Å². The number of rotatable bonds is 4. The van der Waals surface area contributed by atoms with Crippen LogP contribution in [0.25, 0.3) is 11.1 Å². The van der Waals surface area contributed by atoms with E-state index in [0.29, 0.717) is 13.2 Å². The van der Waals surface area contributed by atoms with Crippen LogP contribution in [-0.2, 0) is 4.74 Å². The standard InChI is InChI=1S/C18H20N2O2/c1-12(19)10-20-18(21)22-11-17-15-8-4-2-6-13(15)14-7-3-5-9-16(14)17/h2-9,12,17H,10-11,19H2,1H3,(H,20,21)/t12-/m1/s1. The van der Waals surface area contributed by atoms with Crippen molar-refractivity contribution in [3.05, 3.63) is 59.7 Å². The summed E-state index contributed by atoms with van der Waals surface area (Å²) in [5.41, 5.74) is 10.5. The summed E-state index contributed by atoms with van der Waals surface area (Å²) in [6.45, 7) is 2.58. The van der Waals surface area contributed by atoms with Gasteiger partial charge in [0.1, 0.15) is 6.61 Å². The number of alkyl carbamates (subject to hydrolysis) is 1. The molecule has 2 aromatic carbocycles. The zero-order valence-corrected chi connectivity index (χ0v) is 12.6. The highest BCUT2D eigenvalue weighted by Crippen LogP contribution is 2.44. The average molecular weight is 296 g/mol. The van der Waals surface area contributed by atoms with E-state index in [0.717, 1.165) is 0 Å². The van der Waals surface area contributed by atoms with Crippen LogP contribution in [0.15, 0.2) is 48.5 Å². The van der Waals surface area contributed by atoms with Gasteiger partial charge >= 0.3 is 6.09 Å². The molecule has 2 aromatic rings. The summed E-state index contributed by atoms with van der Waals surface area (Å²) in [6.07, 6.45) is -0.417. The summed E-state index contributed by atoms with van der Waals surface area (Å²) in [5, 5.41) is 2.67. The third-order valence-electron chi connectivity index (χ3n) is 3.91. The molecule has 0 fully saturated rings. The second kappa shape index (κ2) is 6.20. The van der Waals surface area contributed by atoms with Gasteiger partial charge in [0, 0.05) is 18.5 Å². The summed E-state index contributed by atoms with van der Waals surface area (Å²) >= 11 is 0. The van der Waals surface area contributed by atoms with Crippen molar-refractivity contribution in [1.29, 1.82) is 0 Å². The molecule has 0 saturated heterocycles. The fraction of sp³-hybridized carbons (Fsp3) is 0.278. The topological polar surface area (TPSA) is 64.3 Å². The first-order valence-electron chi connectivity index (χ1n) is 7.51. The smallest absolute Gasteiger partial charge is 0.407 e. The van der Waals surface area contributed by atoms with Crippen molar-refractivity contribution in [2.24, 2.45) is 5.73 Å². The van der Waals surface area contributed by atoms with Crippen LogP contribution in [0.5, 0.6) is 0 Å². The van der Waals surface area contributed by atoms with Crippen molar-refractivity contribution < 1.29 is 9.53 Å². The van der Waals surface area contributed by atoms with Gasteiger partial charge in [0.05, 0.1) is 0 Å². The normalized spacial score (nSPS) is 14.1. The molecule has 1 amide bonds. The lowest BCUT2D eigenvalue weighted by atomic mass is 9.98. The number of carbonyl (C=O) groups is 1. The van der Waals surface area contributed by atoms with E-state index >= 15 is 0 Å². The third-order valence-corrected chi connectivity index (χ3v) is 3.91. The predicted octanol–water partition coefficient (Wildman–Crippen LogP) is 2.87. The minimum Gasteiger partial charge on any atom is -0.449 e. The van der Waals surface area contributed by atoms with Crippen LogP contribution in [0, 0.1) is 0 Å². The molecular formula is C18H20N2O2. The number of nitrogens with two attached hydrogens (primary N) is 1. The van der Waals surface area contributed by atoms with Gasteiger partial charge in [0.15, 0.2) is 0 Å². The van der Waals surface area contributed by atoms with E-state index in [4.69, 9.17) is 10.5 Å². The molecule has 0 radical (unpaired) electrons. The van der Waals surface area contributed by atoms with Gasteiger partial charge < -0.3 is 15.8 Å². The third kappa shape index (κ3) is 2.83. The van der Waals surface area contributed by atoms with Crippen LogP contribution < -0.4 is 11.1 Å². The summed E-state index contributed by atoms with van der Waals surface area (Å²) in [4.78, 5) is 11.7. The van der Waals surface area contributed by atoms with Crippen LogP contribution in [0.4, 0.5) is 4.79 Å². The van der Waals surface area contributed by atoms with Crippen LogP contribution in [-0.4, -0.2) is 25.3 Å². The van der Waals surface area contributed by atoms with Crippen molar-refractivity contribution >= 4 is 6.09 Å². The SMILES string of the molecule is C[C@@H](N)CNC(=O)OCC1c2ccccc2-c2ccccc21. The van der Waals surface area contributed by atoms with Gasteiger partial charge in [-0.3, -0.25) is 0 Å². The molecule has 1 aliphatic carbocycles. The van der Waals surface area contributed by atoms with Crippen molar-refractivity contribution in [1.82, 2.24) is 5.32 Å². The summed E-state index contributed by atoms with van der Waals surface area (Å²) in [7, 11) is 0. The zero-order valence-electron chi connectivity index (χ0n) is 12.6. The number of benzene rings is 2. The molecule has 22 heavy (non-hydrogen) atoms. The van der Waals surface area contributed by atoms with Crippen molar-refractivity contribution in [3.63, 3.8) is 0 Å². The highest BCUT2D eigenvalue weighted by atomic mass is 16.5. The summed E-state index contributed by atoms with van der Waals surface area (Å²) < 4.78 is 5.38. The molecule has 0 bridgehead atoms. The first kappa shape index (κ1) is 14.6. The molecule has 0 heterocycles. The van der Waals surface area contributed by atoms with Crippen molar-refractivity contribution in [2.45, 2.75) is 18.9 Å². The van der Waals surface area contributed by atoms with Gasteiger partial charge in [0.25, 0.3) is 0 Å². The minimum atomic E-state index is -0.417. The lowest BCUT2D eigenvalue weighted by Gasteiger charge is -2.15. The highest BCUT2D eigenvalue weighted by Gasteiger charge is 2.28. The number of carbonyl (C=O) groups excluding carboxylic acids is 1. The van der Waals surface area contributed by atoms with E-state index in [-0.39, 0.29) is 12.0 Å². The molecule has 1 aliphatic rings. The largest absolute Gasteiger partial charge is 0.449 e. The van der Waals surface area contributed by atoms with E-state index in [2.05, 4.69) is 29.6 Å². The van der Waals surface area contributed by atoms with E-state index in [1.165, 1.54) is 22.3 Å². The number of nitrogens with one attached hydrogen (secondary N) is 1. The molecule has 0 unspecified atom stereocenters. The predicted molar refractivity (Wildman–Crippen MR) is 86.7 cm³/mol. The monoisotopic (exact) mass is 296 g/mol. The number of fused-ring (bicyclic) bond motifs is 3. The number of amides is 1. The van der Waals surface area contributed by atoms with Gasteiger partial charge in [-0.25, -0.2) is 4.79 Å². The highest BCUT2D eigenvalue weighted by molar-refractivity contribution is 5.79. The molecule has 3 rings (SSSR count). The minimum absolute atomic E-state index is 0.0829. The van der Waals surface area contributed by atoms with E-state index in [9.17, 15) is 4.79 Å². The Morgan fingerprint density at radius 3 is 2.23 bits per heavy atom. The zero-order chi connectivity index (χ0) is 15.5. The van der Waals surface area contributed by atoms with Gasteiger partial charge in [0.2, 0.25) is 0 Å². The lowest BCUT2D eigenvalue weighted by Crippen LogP contribution is -2.36. The van der Waals surface area contributed by atoms with Gasteiger partial charge in [-0.05, 0) is 29.2 Å². The van der Waals surface area contributed by atoms with Gasteiger partial charge in [-0.1, -0.05) is 48.5 Å². The molecule has 4 heteroatoms. The maximum Gasteiger partial charge on any atom is 0.407 e. The first-order chi connectivity index (χ1) is 10.7. The molecule has 114 valence electrons. The quantitative estimate of drug-likeness (QED) is 0.912. The van der Waals surface area contributed by atoms with Crippen LogP contribution in [0.1, 0.15) is 24.0 Å². The Kier molecular flexibility index (Phi) is 4.11. The molecule has 0 aromatic heterocycles. The Morgan fingerprint density at radius 2 is 1.68 bits per heavy atom. The fourth-order valence-corrected chi connectivity index (χ4v) is 2.89. The maximum atomic E-state index is 11.7. The molecule has 1 atom stereocenters. The number of hydrogen-bond acceptors (Lipinski definition) is 3. The number of ether oxygens (including phenoxy) is 1. The van der Waals surface area contributed by atoms with E-state index < -0.39 is 6.09 Å². The van der Waals surface area contributed by atoms with Crippen LogP contribution >= 0.6 is 0 Å². The summed E-state index contributed by atoms with van der Waals surface area (Å²) in [5.74, 6) is 0.0912. The molecule has 4 nitrogen and oxygen atoms in total. The Bertz CT molecular complexity index is 637. The second-order valence-electron chi connectivity index (χ2n) is 5.68. The molecular weight excluding hydrogens is 276 g/mol. The van der Waals surface area contributed by atoms with Crippen LogP contribution in [0.3, 0.4) is 0 Å². The molecule has 0 spiro atoms. The second-order valence-corrected chi connectivity index (χ2v) is 5.68. The Labute approximate surface area is 130 Å². The Morgan fingerprint density at radius 1 is 1.14 bits per heavy atom. The Balaban J connectivity index is 1.75. The van der Waals surface area contributed by atoms with Crippen molar-refractivity contribution in [2.75, 3.05) is 13.2 Å². The summed E-state index contributed by atoms with van der Waals surface area (Å²) in [6, 6.07) is 16.5. The number of hydrogen-bond donors (Lipinski definition) is 2. The first-order valence-corrected chi connectivity index (χ1v) is 7.51. The van der Waals surface area contributed by atoms with Gasteiger partial charge in [-0.2, -0.15) is 0 Å².